The Balaban J connectivity index is 2.23. The van der Waals surface area contributed by atoms with E-state index in [9.17, 15) is 4.79 Å². The zero-order valence-corrected chi connectivity index (χ0v) is 12.1. The minimum atomic E-state index is 0.0430. The third kappa shape index (κ3) is 5.75. The van der Waals surface area contributed by atoms with Crippen LogP contribution in [-0.2, 0) is 4.79 Å². The summed E-state index contributed by atoms with van der Waals surface area (Å²) in [4.78, 5) is 11.5. The highest BCUT2D eigenvalue weighted by atomic mass is 16.5. The van der Waals surface area contributed by atoms with E-state index in [0.29, 0.717) is 19.6 Å². The second-order valence-corrected chi connectivity index (χ2v) is 4.60. The van der Waals surface area contributed by atoms with Crippen LogP contribution in [-0.4, -0.2) is 32.7 Å². The molecule has 0 saturated heterocycles. The summed E-state index contributed by atoms with van der Waals surface area (Å²) in [5, 5.41) is 5.91. The van der Waals surface area contributed by atoms with E-state index in [0.717, 1.165) is 24.3 Å². The molecule has 0 heterocycles. The molecule has 1 rings (SSSR count). The van der Waals surface area contributed by atoms with Crippen LogP contribution in [0.25, 0.3) is 0 Å². The number of amides is 1. The van der Waals surface area contributed by atoms with E-state index in [1.54, 1.807) is 0 Å². The number of ether oxygens (including phenoxy) is 1. The van der Waals surface area contributed by atoms with Crippen LogP contribution >= 0.6 is 0 Å². The normalized spacial score (nSPS) is 10.3. The zero-order valence-electron chi connectivity index (χ0n) is 12.1. The van der Waals surface area contributed by atoms with Crippen LogP contribution in [0.3, 0.4) is 0 Å². The first-order valence-corrected chi connectivity index (χ1v) is 6.75. The van der Waals surface area contributed by atoms with Crippen molar-refractivity contribution in [2.24, 2.45) is 0 Å². The monoisotopic (exact) mass is 264 g/mol. The van der Waals surface area contributed by atoms with Gasteiger partial charge in [0.05, 0.1) is 13.0 Å². The van der Waals surface area contributed by atoms with Crippen LogP contribution in [0.1, 0.15) is 24.0 Å². The summed E-state index contributed by atoms with van der Waals surface area (Å²) in [6.07, 6.45) is 1.34. The largest absolute Gasteiger partial charge is 0.493 e. The number of hydrogen-bond donors (Lipinski definition) is 2. The van der Waals surface area contributed by atoms with E-state index in [1.165, 1.54) is 5.56 Å². The number of rotatable bonds is 8. The number of carbonyl (C=O) groups is 1. The Morgan fingerprint density at radius 2 is 2.05 bits per heavy atom. The van der Waals surface area contributed by atoms with Gasteiger partial charge in [0.15, 0.2) is 0 Å². The van der Waals surface area contributed by atoms with Crippen LogP contribution in [0.5, 0.6) is 5.75 Å². The predicted molar refractivity (Wildman–Crippen MR) is 77.6 cm³/mol. The van der Waals surface area contributed by atoms with Gasteiger partial charge in [0.2, 0.25) is 5.91 Å². The summed E-state index contributed by atoms with van der Waals surface area (Å²) in [5.41, 5.74) is 2.34. The third-order valence-electron chi connectivity index (χ3n) is 3.07. The fourth-order valence-corrected chi connectivity index (χ4v) is 1.72. The number of hydrogen-bond acceptors (Lipinski definition) is 3. The first-order chi connectivity index (χ1) is 9.15. The lowest BCUT2D eigenvalue weighted by atomic mass is 10.1. The van der Waals surface area contributed by atoms with Gasteiger partial charge >= 0.3 is 0 Å². The molecule has 4 nitrogen and oxygen atoms in total. The van der Waals surface area contributed by atoms with Crippen molar-refractivity contribution in [3.63, 3.8) is 0 Å². The number of carbonyl (C=O) groups excluding carboxylic acids is 1. The molecule has 0 spiro atoms. The summed E-state index contributed by atoms with van der Waals surface area (Å²) in [7, 11) is 1.90. The topological polar surface area (TPSA) is 50.4 Å². The molecule has 0 fully saturated rings. The standard InChI is InChI=1S/C15H24N2O2/c1-12-6-4-7-14(13(12)2)19-11-8-15(18)17-10-5-9-16-3/h4,6-7,16H,5,8-11H2,1-3H3,(H,17,18). The molecule has 4 heteroatoms. The molecule has 1 amide bonds. The van der Waals surface area contributed by atoms with Gasteiger partial charge < -0.3 is 15.4 Å². The fourth-order valence-electron chi connectivity index (χ4n) is 1.72. The maximum absolute atomic E-state index is 11.5. The van der Waals surface area contributed by atoms with Crippen LogP contribution < -0.4 is 15.4 Å². The van der Waals surface area contributed by atoms with E-state index in [4.69, 9.17) is 4.74 Å². The Morgan fingerprint density at radius 3 is 2.79 bits per heavy atom. The molecule has 19 heavy (non-hydrogen) atoms. The predicted octanol–water partition coefficient (Wildman–Crippen LogP) is 1.80. The van der Waals surface area contributed by atoms with Crippen molar-refractivity contribution in [1.29, 1.82) is 0 Å². The molecule has 0 aliphatic rings. The number of nitrogens with one attached hydrogen (secondary N) is 2. The van der Waals surface area contributed by atoms with Crippen molar-refractivity contribution >= 4 is 5.91 Å². The molecule has 0 atom stereocenters. The molecular weight excluding hydrogens is 240 g/mol. The number of aryl methyl sites for hydroxylation is 1. The SMILES string of the molecule is CNCCCNC(=O)CCOc1cccc(C)c1C. The summed E-state index contributed by atoms with van der Waals surface area (Å²) in [5.74, 6) is 0.907. The molecule has 0 radical (unpaired) electrons. The van der Waals surface area contributed by atoms with E-state index in [2.05, 4.69) is 23.6 Å². The maximum Gasteiger partial charge on any atom is 0.223 e. The summed E-state index contributed by atoms with van der Waals surface area (Å²) < 4.78 is 5.64. The Morgan fingerprint density at radius 1 is 1.26 bits per heavy atom. The van der Waals surface area contributed by atoms with Crippen LogP contribution in [0.2, 0.25) is 0 Å². The van der Waals surface area contributed by atoms with E-state index >= 15 is 0 Å². The highest BCUT2D eigenvalue weighted by Crippen LogP contribution is 2.20. The van der Waals surface area contributed by atoms with Gasteiger partial charge in [-0.05, 0) is 51.1 Å². The van der Waals surface area contributed by atoms with Gasteiger partial charge in [0.1, 0.15) is 5.75 Å². The molecular formula is C15H24N2O2. The smallest absolute Gasteiger partial charge is 0.223 e. The van der Waals surface area contributed by atoms with E-state index in [1.807, 2.05) is 26.1 Å². The van der Waals surface area contributed by atoms with Crippen molar-refractivity contribution in [3.8, 4) is 5.75 Å². The molecule has 0 aliphatic heterocycles. The summed E-state index contributed by atoms with van der Waals surface area (Å²) in [6, 6.07) is 5.96. The maximum atomic E-state index is 11.5. The molecule has 0 aliphatic carbocycles. The van der Waals surface area contributed by atoms with Crippen molar-refractivity contribution in [2.45, 2.75) is 26.7 Å². The minimum Gasteiger partial charge on any atom is -0.493 e. The summed E-state index contributed by atoms with van der Waals surface area (Å²) in [6.45, 7) is 6.13. The lowest BCUT2D eigenvalue weighted by molar-refractivity contribution is -0.121. The van der Waals surface area contributed by atoms with Crippen LogP contribution in [0.4, 0.5) is 0 Å². The molecule has 1 aromatic rings. The Bertz CT molecular complexity index is 405. The van der Waals surface area contributed by atoms with Crippen molar-refractivity contribution < 1.29 is 9.53 Å². The van der Waals surface area contributed by atoms with Crippen LogP contribution in [0.15, 0.2) is 18.2 Å². The van der Waals surface area contributed by atoms with Gasteiger partial charge in [-0.3, -0.25) is 4.79 Å². The van der Waals surface area contributed by atoms with Crippen molar-refractivity contribution in [3.05, 3.63) is 29.3 Å². The minimum absolute atomic E-state index is 0.0430. The van der Waals surface area contributed by atoms with Crippen LogP contribution in [0, 0.1) is 13.8 Å². The molecule has 2 N–H and O–H groups in total. The second kappa shape index (κ2) is 8.53. The molecule has 0 unspecified atom stereocenters. The third-order valence-corrected chi connectivity index (χ3v) is 3.07. The van der Waals surface area contributed by atoms with Gasteiger partial charge in [0, 0.05) is 6.54 Å². The van der Waals surface area contributed by atoms with Gasteiger partial charge in [-0.15, -0.1) is 0 Å². The summed E-state index contributed by atoms with van der Waals surface area (Å²) >= 11 is 0. The average molecular weight is 264 g/mol. The lowest BCUT2D eigenvalue weighted by Crippen LogP contribution is -2.27. The van der Waals surface area contributed by atoms with Gasteiger partial charge in [0.25, 0.3) is 0 Å². The van der Waals surface area contributed by atoms with E-state index in [-0.39, 0.29) is 5.91 Å². The highest BCUT2D eigenvalue weighted by Gasteiger charge is 2.04. The molecule has 0 bridgehead atoms. The average Bonchev–Trinajstić information content (AvgIpc) is 2.40. The Hall–Kier alpha value is -1.55. The van der Waals surface area contributed by atoms with Crippen molar-refractivity contribution in [2.75, 3.05) is 26.7 Å². The van der Waals surface area contributed by atoms with E-state index < -0.39 is 0 Å². The first kappa shape index (κ1) is 15.5. The number of benzene rings is 1. The zero-order chi connectivity index (χ0) is 14.1. The van der Waals surface area contributed by atoms with Crippen molar-refractivity contribution in [1.82, 2.24) is 10.6 Å². The molecule has 106 valence electrons. The highest BCUT2D eigenvalue weighted by molar-refractivity contribution is 5.75. The molecule has 0 aromatic heterocycles. The van der Waals surface area contributed by atoms with Gasteiger partial charge in [-0.25, -0.2) is 0 Å². The Kier molecular flexibility index (Phi) is 6.97. The molecule has 1 aromatic carbocycles. The fraction of sp³-hybridized carbons (Fsp3) is 0.533. The lowest BCUT2D eigenvalue weighted by Gasteiger charge is -2.10. The molecule has 0 saturated carbocycles. The quantitative estimate of drug-likeness (QED) is 0.704. The Labute approximate surface area is 115 Å². The first-order valence-electron chi connectivity index (χ1n) is 6.75. The second-order valence-electron chi connectivity index (χ2n) is 4.60. The van der Waals surface area contributed by atoms with Gasteiger partial charge in [-0.2, -0.15) is 0 Å². The van der Waals surface area contributed by atoms with Gasteiger partial charge in [-0.1, -0.05) is 12.1 Å².